The summed E-state index contributed by atoms with van der Waals surface area (Å²) < 4.78 is 13.3. The maximum absolute atomic E-state index is 12.8. The van der Waals surface area contributed by atoms with E-state index >= 15 is 0 Å². The zero-order chi connectivity index (χ0) is 10.4. The number of hydrogen-bond acceptors (Lipinski definition) is 2. The van der Waals surface area contributed by atoms with Gasteiger partial charge in [-0.25, -0.2) is 4.39 Å². The van der Waals surface area contributed by atoms with Crippen molar-refractivity contribution in [3.8, 4) is 0 Å². The summed E-state index contributed by atoms with van der Waals surface area (Å²) in [4.78, 5) is 0. The molecule has 0 radical (unpaired) electrons. The molecule has 0 atom stereocenters. The number of unbranched alkanes of at least 4 members (excludes halogenated alkanes) is 1. The molecule has 0 aliphatic carbocycles. The van der Waals surface area contributed by atoms with Gasteiger partial charge in [-0.1, -0.05) is 0 Å². The van der Waals surface area contributed by atoms with E-state index in [4.69, 9.17) is 5.11 Å². The Balaban J connectivity index is 2.39. The van der Waals surface area contributed by atoms with Gasteiger partial charge in [-0.15, -0.1) is 0 Å². The molecule has 0 saturated carbocycles. The summed E-state index contributed by atoms with van der Waals surface area (Å²) in [6, 6.07) is 4.81. The summed E-state index contributed by atoms with van der Waals surface area (Å²) in [6.45, 7) is 1.01. The maximum atomic E-state index is 12.8. The average Bonchev–Trinajstić information content (AvgIpc) is 2.18. The van der Waals surface area contributed by atoms with E-state index in [2.05, 4.69) is 21.2 Å². The molecule has 0 heterocycles. The summed E-state index contributed by atoms with van der Waals surface area (Å²) in [5, 5.41) is 11.7. The molecular weight excluding hydrogens is 249 g/mol. The molecule has 0 spiro atoms. The number of anilines is 1. The summed E-state index contributed by atoms with van der Waals surface area (Å²) in [7, 11) is 0. The normalized spacial score (nSPS) is 10.2. The van der Waals surface area contributed by atoms with Crippen LogP contribution in [0.2, 0.25) is 0 Å². The maximum Gasteiger partial charge on any atom is 0.137 e. The highest BCUT2D eigenvalue weighted by Gasteiger charge is 1.99. The van der Waals surface area contributed by atoms with E-state index in [-0.39, 0.29) is 12.4 Å². The van der Waals surface area contributed by atoms with Crippen LogP contribution >= 0.6 is 15.9 Å². The molecule has 0 aliphatic heterocycles. The average molecular weight is 262 g/mol. The Morgan fingerprint density at radius 2 is 2.14 bits per heavy atom. The Labute approximate surface area is 91.3 Å². The standard InChI is InChI=1S/C10H13BrFNO/c11-9-7-8(3-4-10(9)12)13-5-1-2-6-14/h3-4,7,13-14H,1-2,5-6H2. The van der Waals surface area contributed by atoms with Crippen LogP contribution in [0.4, 0.5) is 10.1 Å². The first-order valence-electron chi connectivity index (χ1n) is 4.54. The highest BCUT2D eigenvalue weighted by atomic mass is 79.9. The molecule has 0 fully saturated rings. The van der Waals surface area contributed by atoms with Crippen molar-refractivity contribution in [3.63, 3.8) is 0 Å². The van der Waals surface area contributed by atoms with E-state index in [1.165, 1.54) is 6.07 Å². The van der Waals surface area contributed by atoms with Crippen molar-refractivity contribution in [2.75, 3.05) is 18.5 Å². The van der Waals surface area contributed by atoms with Crippen LogP contribution in [0, 0.1) is 5.82 Å². The smallest absolute Gasteiger partial charge is 0.137 e. The Hall–Kier alpha value is -0.610. The number of benzene rings is 1. The van der Waals surface area contributed by atoms with Crippen LogP contribution in [0.15, 0.2) is 22.7 Å². The van der Waals surface area contributed by atoms with Crippen molar-refractivity contribution in [1.82, 2.24) is 0 Å². The van der Waals surface area contributed by atoms with Gasteiger partial charge in [-0.05, 0) is 47.0 Å². The van der Waals surface area contributed by atoms with Gasteiger partial charge in [-0.3, -0.25) is 0 Å². The second-order valence-corrected chi connectivity index (χ2v) is 3.84. The van der Waals surface area contributed by atoms with Crippen molar-refractivity contribution >= 4 is 21.6 Å². The molecule has 2 nitrogen and oxygen atoms in total. The number of aliphatic hydroxyl groups is 1. The summed E-state index contributed by atoms with van der Waals surface area (Å²) in [5.74, 6) is -0.258. The van der Waals surface area contributed by atoms with Crippen LogP contribution in [0.5, 0.6) is 0 Å². The predicted octanol–water partition coefficient (Wildman–Crippen LogP) is 2.77. The Morgan fingerprint density at radius 1 is 1.36 bits per heavy atom. The third-order valence-electron chi connectivity index (χ3n) is 1.83. The van der Waals surface area contributed by atoms with Gasteiger partial charge in [0.15, 0.2) is 0 Å². The Kier molecular flexibility index (Phi) is 4.90. The quantitative estimate of drug-likeness (QED) is 0.800. The number of aliphatic hydroxyl groups excluding tert-OH is 1. The molecule has 0 bridgehead atoms. The number of halogens is 2. The van der Waals surface area contributed by atoms with Crippen molar-refractivity contribution in [2.45, 2.75) is 12.8 Å². The number of hydrogen-bond donors (Lipinski definition) is 2. The largest absolute Gasteiger partial charge is 0.396 e. The van der Waals surface area contributed by atoms with Crippen LogP contribution in [0.3, 0.4) is 0 Å². The van der Waals surface area contributed by atoms with Gasteiger partial charge in [0.1, 0.15) is 5.82 Å². The lowest BCUT2D eigenvalue weighted by Crippen LogP contribution is -2.02. The Bertz CT molecular complexity index is 293. The monoisotopic (exact) mass is 261 g/mol. The van der Waals surface area contributed by atoms with Gasteiger partial charge in [-0.2, -0.15) is 0 Å². The van der Waals surface area contributed by atoms with Crippen LogP contribution in [-0.4, -0.2) is 18.3 Å². The van der Waals surface area contributed by atoms with E-state index < -0.39 is 0 Å². The molecule has 0 aliphatic rings. The van der Waals surface area contributed by atoms with Crippen LogP contribution in [0.1, 0.15) is 12.8 Å². The molecule has 0 amide bonds. The molecule has 0 aromatic heterocycles. The third kappa shape index (κ3) is 3.64. The zero-order valence-electron chi connectivity index (χ0n) is 7.76. The van der Waals surface area contributed by atoms with E-state index in [9.17, 15) is 4.39 Å². The highest BCUT2D eigenvalue weighted by Crippen LogP contribution is 2.19. The molecule has 1 aromatic carbocycles. The number of rotatable bonds is 5. The highest BCUT2D eigenvalue weighted by molar-refractivity contribution is 9.10. The SMILES string of the molecule is OCCCCNc1ccc(F)c(Br)c1. The fraction of sp³-hybridized carbons (Fsp3) is 0.400. The molecule has 1 aromatic rings. The molecule has 1 rings (SSSR count). The molecule has 4 heteroatoms. The zero-order valence-corrected chi connectivity index (χ0v) is 9.35. The second kappa shape index (κ2) is 5.98. The van der Waals surface area contributed by atoms with Crippen molar-refractivity contribution < 1.29 is 9.50 Å². The van der Waals surface area contributed by atoms with E-state index in [1.54, 1.807) is 12.1 Å². The minimum Gasteiger partial charge on any atom is -0.396 e. The second-order valence-electron chi connectivity index (χ2n) is 2.99. The van der Waals surface area contributed by atoms with Gasteiger partial charge in [0.2, 0.25) is 0 Å². The van der Waals surface area contributed by atoms with Gasteiger partial charge in [0.05, 0.1) is 4.47 Å². The fourth-order valence-corrected chi connectivity index (χ4v) is 1.45. The van der Waals surface area contributed by atoms with Crippen LogP contribution in [0.25, 0.3) is 0 Å². The van der Waals surface area contributed by atoms with Crippen molar-refractivity contribution in [1.29, 1.82) is 0 Å². The van der Waals surface area contributed by atoms with E-state index in [0.717, 1.165) is 25.1 Å². The van der Waals surface area contributed by atoms with Crippen molar-refractivity contribution in [3.05, 3.63) is 28.5 Å². The van der Waals surface area contributed by atoms with Crippen molar-refractivity contribution in [2.24, 2.45) is 0 Å². The van der Waals surface area contributed by atoms with E-state index in [0.29, 0.717) is 4.47 Å². The lowest BCUT2D eigenvalue weighted by atomic mass is 10.3. The minimum absolute atomic E-state index is 0.217. The lowest BCUT2D eigenvalue weighted by Gasteiger charge is -2.06. The summed E-state index contributed by atoms with van der Waals surface area (Å²) in [6.07, 6.45) is 1.70. The first kappa shape index (κ1) is 11.5. The molecule has 14 heavy (non-hydrogen) atoms. The molecule has 78 valence electrons. The third-order valence-corrected chi connectivity index (χ3v) is 2.44. The number of nitrogens with one attached hydrogen (secondary N) is 1. The van der Waals surface area contributed by atoms with Gasteiger partial charge in [0, 0.05) is 18.8 Å². The summed E-state index contributed by atoms with van der Waals surface area (Å²) >= 11 is 3.11. The topological polar surface area (TPSA) is 32.3 Å². The molecule has 2 N–H and O–H groups in total. The minimum atomic E-state index is -0.258. The van der Waals surface area contributed by atoms with E-state index in [1.807, 2.05) is 0 Å². The summed E-state index contributed by atoms with van der Waals surface area (Å²) in [5.41, 5.74) is 0.885. The first-order chi connectivity index (χ1) is 6.74. The first-order valence-corrected chi connectivity index (χ1v) is 5.33. The molecular formula is C10H13BrFNO. The fourth-order valence-electron chi connectivity index (χ4n) is 1.08. The molecule has 0 unspecified atom stereocenters. The predicted molar refractivity (Wildman–Crippen MR) is 58.9 cm³/mol. The molecule has 0 saturated heterocycles. The lowest BCUT2D eigenvalue weighted by molar-refractivity contribution is 0.286. The van der Waals surface area contributed by atoms with Crippen LogP contribution in [-0.2, 0) is 0 Å². The van der Waals surface area contributed by atoms with Gasteiger partial charge >= 0.3 is 0 Å². The van der Waals surface area contributed by atoms with Crippen LogP contribution < -0.4 is 5.32 Å². The Morgan fingerprint density at radius 3 is 2.79 bits per heavy atom. The van der Waals surface area contributed by atoms with Gasteiger partial charge < -0.3 is 10.4 Å². The van der Waals surface area contributed by atoms with Gasteiger partial charge in [0.25, 0.3) is 0 Å².